The van der Waals surface area contributed by atoms with Gasteiger partial charge >= 0.3 is 0 Å². The van der Waals surface area contributed by atoms with Crippen molar-refractivity contribution in [2.75, 3.05) is 5.32 Å². The molecule has 4 rings (SSSR count). The lowest BCUT2D eigenvalue weighted by atomic mass is 10.3. The highest BCUT2D eigenvalue weighted by molar-refractivity contribution is 7.23. The summed E-state index contributed by atoms with van der Waals surface area (Å²) in [6, 6.07) is 15.2. The molecular formula is C16H10ClN3OS. The number of para-hydroxylation sites is 2. The Morgan fingerprint density at radius 1 is 1.05 bits per heavy atom. The van der Waals surface area contributed by atoms with Gasteiger partial charge in [0.15, 0.2) is 4.96 Å². The Hall–Kier alpha value is -2.37. The molecule has 0 aliphatic rings. The number of benzene rings is 2. The Labute approximate surface area is 134 Å². The molecule has 0 saturated heterocycles. The number of hydrogen-bond donors (Lipinski definition) is 1. The zero-order chi connectivity index (χ0) is 15.1. The molecule has 108 valence electrons. The van der Waals surface area contributed by atoms with Gasteiger partial charge < -0.3 is 5.32 Å². The molecule has 2 aromatic heterocycles. The van der Waals surface area contributed by atoms with E-state index in [4.69, 9.17) is 11.6 Å². The van der Waals surface area contributed by atoms with Gasteiger partial charge in [-0.15, -0.1) is 0 Å². The van der Waals surface area contributed by atoms with E-state index in [1.165, 1.54) is 11.3 Å². The van der Waals surface area contributed by atoms with E-state index < -0.39 is 0 Å². The maximum absolute atomic E-state index is 12.2. The molecule has 0 radical (unpaired) electrons. The van der Waals surface area contributed by atoms with E-state index in [2.05, 4.69) is 10.3 Å². The number of hydrogen-bond acceptors (Lipinski definition) is 4. The van der Waals surface area contributed by atoms with Crippen LogP contribution < -0.4 is 10.9 Å². The normalized spacial score (nSPS) is 11.1. The summed E-state index contributed by atoms with van der Waals surface area (Å²) in [5.74, 6) is 0. The van der Waals surface area contributed by atoms with Crippen LogP contribution in [0.5, 0.6) is 0 Å². The van der Waals surface area contributed by atoms with Gasteiger partial charge in [0.25, 0.3) is 5.56 Å². The van der Waals surface area contributed by atoms with Crippen molar-refractivity contribution in [1.82, 2.24) is 9.38 Å². The minimum atomic E-state index is -0.300. The van der Waals surface area contributed by atoms with Crippen LogP contribution in [0.1, 0.15) is 0 Å². The molecule has 0 aliphatic carbocycles. The molecule has 0 saturated carbocycles. The van der Waals surface area contributed by atoms with Crippen molar-refractivity contribution in [3.63, 3.8) is 0 Å². The molecule has 4 nitrogen and oxygen atoms in total. The number of nitrogens with one attached hydrogen (secondary N) is 1. The molecule has 2 heterocycles. The second kappa shape index (κ2) is 5.12. The third kappa shape index (κ3) is 2.15. The van der Waals surface area contributed by atoms with Crippen LogP contribution in [0.4, 0.5) is 11.4 Å². The molecule has 0 spiro atoms. The molecule has 22 heavy (non-hydrogen) atoms. The number of anilines is 2. The summed E-state index contributed by atoms with van der Waals surface area (Å²) in [7, 11) is 0. The number of halogens is 1. The van der Waals surface area contributed by atoms with E-state index in [9.17, 15) is 4.79 Å². The quantitative estimate of drug-likeness (QED) is 0.597. The smallest absolute Gasteiger partial charge is 0.297 e. The summed E-state index contributed by atoms with van der Waals surface area (Å²) in [4.78, 5) is 17.0. The van der Waals surface area contributed by atoms with Crippen LogP contribution in [0.15, 0.2) is 59.5 Å². The molecule has 0 atom stereocenters. The second-order valence-corrected chi connectivity index (χ2v) is 6.20. The Morgan fingerprint density at radius 3 is 2.68 bits per heavy atom. The number of rotatable bonds is 2. The first-order chi connectivity index (χ1) is 10.7. The first kappa shape index (κ1) is 13.3. The van der Waals surface area contributed by atoms with Crippen molar-refractivity contribution < 1.29 is 0 Å². The summed E-state index contributed by atoms with van der Waals surface area (Å²) in [6.45, 7) is 0. The minimum Gasteiger partial charge on any atom is -0.349 e. The van der Waals surface area contributed by atoms with Gasteiger partial charge in [-0.1, -0.05) is 47.2 Å². The standard InChI is InChI=1S/C16H10ClN3OS/c17-10-5-1-2-6-11(10)18-12-9-20-13-7-3-4-8-14(13)22-16(20)19-15(12)21/h1-9,18H. The van der Waals surface area contributed by atoms with Gasteiger partial charge in [-0.25, -0.2) is 0 Å². The highest BCUT2D eigenvalue weighted by Gasteiger charge is 2.10. The zero-order valence-electron chi connectivity index (χ0n) is 11.3. The van der Waals surface area contributed by atoms with Crippen LogP contribution in [0, 0.1) is 0 Å². The van der Waals surface area contributed by atoms with Gasteiger partial charge in [0.1, 0.15) is 5.69 Å². The number of nitrogens with zero attached hydrogens (tertiary/aromatic N) is 2. The maximum atomic E-state index is 12.2. The van der Waals surface area contributed by atoms with Gasteiger partial charge in [0, 0.05) is 6.20 Å². The topological polar surface area (TPSA) is 46.4 Å². The number of thiazole rings is 1. The molecule has 4 aromatic rings. The predicted octanol–water partition coefficient (Wildman–Crippen LogP) is 4.31. The van der Waals surface area contributed by atoms with Gasteiger partial charge in [-0.05, 0) is 24.3 Å². The summed E-state index contributed by atoms with van der Waals surface area (Å²) >= 11 is 7.62. The van der Waals surface area contributed by atoms with Crippen molar-refractivity contribution in [1.29, 1.82) is 0 Å². The molecule has 0 unspecified atom stereocenters. The van der Waals surface area contributed by atoms with Crippen LogP contribution >= 0.6 is 22.9 Å². The van der Waals surface area contributed by atoms with Crippen LogP contribution in [0.25, 0.3) is 15.2 Å². The number of fused-ring (bicyclic) bond motifs is 3. The summed E-state index contributed by atoms with van der Waals surface area (Å²) in [5.41, 5.74) is 1.81. The number of aromatic nitrogens is 2. The van der Waals surface area contributed by atoms with Crippen molar-refractivity contribution in [3.05, 3.63) is 70.1 Å². The summed E-state index contributed by atoms with van der Waals surface area (Å²) in [6.07, 6.45) is 1.77. The third-order valence-corrected chi connectivity index (χ3v) is 4.73. The minimum absolute atomic E-state index is 0.300. The first-order valence-electron chi connectivity index (χ1n) is 6.65. The summed E-state index contributed by atoms with van der Waals surface area (Å²) < 4.78 is 3.00. The second-order valence-electron chi connectivity index (χ2n) is 4.79. The molecule has 1 N–H and O–H groups in total. The van der Waals surface area contributed by atoms with Gasteiger partial charge in [0.05, 0.1) is 20.9 Å². The van der Waals surface area contributed by atoms with E-state index in [1.54, 1.807) is 12.3 Å². The average Bonchev–Trinajstić information content (AvgIpc) is 2.87. The van der Waals surface area contributed by atoms with E-state index >= 15 is 0 Å². The van der Waals surface area contributed by atoms with E-state index in [-0.39, 0.29) is 5.56 Å². The lowest BCUT2D eigenvalue weighted by Gasteiger charge is -2.07. The van der Waals surface area contributed by atoms with Crippen molar-refractivity contribution in [2.24, 2.45) is 0 Å². The van der Waals surface area contributed by atoms with Crippen LogP contribution in [-0.4, -0.2) is 9.38 Å². The molecule has 0 bridgehead atoms. The highest BCUT2D eigenvalue weighted by Crippen LogP contribution is 2.27. The fourth-order valence-electron chi connectivity index (χ4n) is 2.32. The van der Waals surface area contributed by atoms with Crippen LogP contribution in [0.3, 0.4) is 0 Å². The third-order valence-electron chi connectivity index (χ3n) is 3.36. The Kier molecular flexibility index (Phi) is 3.10. The Morgan fingerprint density at radius 2 is 1.82 bits per heavy atom. The van der Waals surface area contributed by atoms with Gasteiger partial charge in [-0.3, -0.25) is 9.20 Å². The maximum Gasteiger partial charge on any atom is 0.297 e. The molecule has 2 aromatic carbocycles. The largest absolute Gasteiger partial charge is 0.349 e. The highest BCUT2D eigenvalue weighted by atomic mass is 35.5. The van der Waals surface area contributed by atoms with Crippen molar-refractivity contribution in [3.8, 4) is 0 Å². The van der Waals surface area contributed by atoms with Gasteiger partial charge in [0.2, 0.25) is 0 Å². The molecule has 0 amide bonds. The van der Waals surface area contributed by atoms with Gasteiger partial charge in [-0.2, -0.15) is 4.98 Å². The molecule has 0 aliphatic heterocycles. The lowest BCUT2D eigenvalue weighted by Crippen LogP contribution is -2.13. The fraction of sp³-hybridized carbons (Fsp3) is 0. The predicted molar refractivity (Wildman–Crippen MR) is 91.6 cm³/mol. The SMILES string of the molecule is O=c1nc2sc3ccccc3n2cc1Nc1ccccc1Cl. The monoisotopic (exact) mass is 327 g/mol. The molecule has 0 fully saturated rings. The Bertz CT molecular complexity index is 1050. The van der Waals surface area contributed by atoms with Crippen LogP contribution in [-0.2, 0) is 0 Å². The average molecular weight is 328 g/mol. The summed E-state index contributed by atoms with van der Waals surface area (Å²) in [5, 5.41) is 3.62. The lowest BCUT2D eigenvalue weighted by molar-refractivity contribution is 1.14. The van der Waals surface area contributed by atoms with E-state index in [0.717, 1.165) is 10.2 Å². The van der Waals surface area contributed by atoms with Crippen molar-refractivity contribution >= 4 is 49.5 Å². The molecular weight excluding hydrogens is 318 g/mol. The first-order valence-corrected chi connectivity index (χ1v) is 7.84. The van der Waals surface area contributed by atoms with E-state index in [1.807, 2.05) is 46.9 Å². The molecule has 6 heteroatoms. The zero-order valence-corrected chi connectivity index (χ0v) is 12.9. The Balaban J connectivity index is 1.91. The van der Waals surface area contributed by atoms with Crippen molar-refractivity contribution in [2.45, 2.75) is 0 Å². The van der Waals surface area contributed by atoms with Crippen LogP contribution in [0.2, 0.25) is 5.02 Å². The fourth-order valence-corrected chi connectivity index (χ4v) is 3.49. The van der Waals surface area contributed by atoms with E-state index in [0.29, 0.717) is 21.4 Å².